The molecule has 0 fully saturated rings. The van der Waals surface area contributed by atoms with Crippen LogP contribution in [0.5, 0.6) is 0 Å². The second-order valence-corrected chi connectivity index (χ2v) is 9.32. The van der Waals surface area contributed by atoms with Crippen LogP contribution in [0.3, 0.4) is 0 Å². The average Bonchev–Trinajstić information content (AvgIpc) is 3.52. The summed E-state index contributed by atoms with van der Waals surface area (Å²) >= 11 is 0. The van der Waals surface area contributed by atoms with E-state index in [1.54, 1.807) is 0 Å². The lowest BCUT2D eigenvalue weighted by Crippen LogP contribution is -1.88. The van der Waals surface area contributed by atoms with Gasteiger partial charge in [0.05, 0.1) is 39.2 Å². The van der Waals surface area contributed by atoms with Crippen LogP contribution in [0.2, 0.25) is 0 Å². The van der Waals surface area contributed by atoms with Crippen molar-refractivity contribution < 1.29 is 0 Å². The van der Waals surface area contributed by atoms with Gasteiger partial charge < -0.3 is 0 Å². The molecule has 3 heterocycles. The normalized spacial score (nSPS) is 12.1. The van der Waals surface area contributed by atoms with Crippen LogP contribution in [0, 0.1) is 18.3 Å². The van der Waals surface area contributed by atoms with Gasteiger partial charge in [0.25, 0.3) is 0 Å². The van der Waals surface area contributed by atoms with E-state index < -0.39 is 0 Å². The van der Waals surface area contributed by atoms with Crippen molar-refractivity contribution in [3.05, 3.63) is 102 Å². The van der Waals surface area contributed by atoms with Crippen LogP contribution < -0.4 is 0 Å². The maximum atomic E-state index is 9.54. The summed E-state index contributed by atoms with van der Waals surface area (Å²) in [7, 11) is 0. The van der Waals surface area contributed by atoms with Crippen LogP contribution in [0.4, 0.5) is 0 Å². The molecule has 35 heavy (non-hydrogen) atoms. The summed E-state index contributed by atoms with van der Waals surface area (Å²) in [6.07, 6.45) is 0. The van der Waals surface area contributed by atoms with Gasteiger partial charge in [0.1, 0.15) is 0 Å². The fraction of sp³-hybridized carbons (Fsp3) is 0.0323. The van der Waals surface area contributed by atoms with Crippen molar-refractivity contribution in [2.75, 3.05) is 0 Å². The first-order valence-corrected chi connectivity index (χ1v) is 11.7. The summed E-state index contributed by atoms with van der Waals surface area (Å²) < 4.78 is 4.59. The number of para-hydroxylation sites is 2. The molecular formula is C31H18N4. The van der Waals surface area contributed by atoms with Crippen LogP contribution >= 0.6 is 0 Å². The van der Waals surface area contributed by atoms with Gasteiger partial charge in [-0.15, -0.1) is 0 Å². The molecule has 8 aromatic rings. The van der Waals surface area contributed by atoms with Crippen LogP contribution in [-0.4, -0.2) is 13.8 Å². The van der Waals surface area contributed by atoms with Gasteiger partial charge in [-0.25, -0.2) is 4.98 Å². The number of aryl methyl sites for hydroxylation is 1. The van der Waals surface area contributed by atoms with Crippen LogP contribution in [0.15, 0.2) is 91.0 Å². The van der Waals surface area contributed by atoms with E-state index in [0.29, 0.717) is 5.56 Å². The first-order valence-electron chi connectivity index (χ1n) is 11.7. The third-order valence-electron chi connectivity index (χ3n) is 7.37. The molecule has 3 aromatic heterocycles. The van der Waals surface area contributed by atoms with Crippen molar-refractivity contribution >= 4 is 54.9 Å². The van der Waals surface area contributed by atoms with E-state index in [1.807, 2.05) is 24.3 Å². The van der Waals surface area contributed by atoms with Gasteiger partial charge in [0.2, 0.25) is 5.78 Å². The number of nitriles is 1. The van der Waals surface area contributed by atoms with Crippen molar-refractivity contribution in [1.82, 2.24) is 13.8 Å². The topological polar surface area (TPSA) is 45.5 Å². The van der Waals surface area contributed by atoms with Crippen molar-refractivity contribution in [2.24, 2.45) is 0 Å². The highest BCUT2D eigenvalue weighted by molar-refractivity contribution is 6.19. The van der Waals surface area contributed by atoms with E-state index in [1.165, 1.54) is 27.1 Å². The Morgan fingerprint density at radius 2 is 1.51 bits per heavy atom. The van der Waals surface area contributed by atoms with Crippen molar-refractivity contribution in [3.8, 4) is 17.2 Å². The molecule has 0 saturated heterocycles. The molecule has 0 aliphatic carbocycles. The number of aromatic nitrogens is 3. The molecule has 4 heteroatoms. The van der Waals surface area contributed by atoms with Gasteiger partial charge in [0.15, 0.2) is 0 Å². The molecule has 0 unspecified atom stereocenters. The predicted molar refractivity (Wildman–Crippen MR) is 142 cm³/mol. The van der Waals surface area contributed by atoms with E-state index in [9.17, 15) is 5.26 Å². The first-order chi connectivity index (χ1) is 17.2. The van der Waals surface area contributed by atoms with Crippen LogP contribution in [0.25, 0.3) is 66.0 Å². The van der Waals surface area contributed by atoms with E-state index in [2.05, 4.69) is 88.5 Å². The molecule has 8 rings (SSSR count). The second kappa shape index (κ2) is 6.37. The lowest BCUT2D eigenvalue weighted by Gasteiger charge is -2.08. The quantitative estimate of drug-likeness (QED) is 0.262. The largest absolute Gasteiger partial charge is 0.277 e. The summed E-state index contributed by atoms with van der Waals surface area (Å²) in [6, 6.07) is 34.2. The highest BCUT2D eigenvalue weighted by atomic mass is 15.2. The van der Waals surface area contributed by atoms with Gasteiger partial charge >= 0.3 is 0 Å². The van der Waals surface area contributed by atoms with Crippen molar-refractivity contribution in [1.29, 1.82) is 5.26 Å². The number of imidazole rings is 2. The summed E-state index contributed by atoms with van der Waals surface area (Å²) in [5.74, 6) is 0.927. The third-order valence-corrected chi connectivity index (χ3v) is 7.37. The molecule has 0 saturated carbocycles. The number of hydrogen-bond donors (Lipinski definition) is 0. The molecular weight excluding hydrogens is 428 g/mol. The highest BCUT2D eigenvalue weighted by Gasteiger charge is 2.22. The molecule has 0 spiro atoms. The number of fused-ring (bicyclic) bond motifs is 9. The third kappa shape index (κ3) is 2.32. The zero-order chi connectivity index (χ0) is 23.3. The predicted octanol–water partition coefficient (Wildman–Crippen LogP) is 7.48. The van der Waals surface area contributed by atoms with Crippen LogP contribution in [-0.2, 0) is 0 Å². The zero-order valence-corrected chi connectivity index (χ0v) is 18.9. The Morgan fingerprint density at radius 1 is 0.714 bits per heavy atom. The molecule has 0 aliphatic rings. The van der Waals surface area contributed by atoms with Crippen molar-refractivity contribution in [2.45, 2.75) is 6.92 Å². The Bertz CT molecular complexity index is 2190. The number of hydrogen-bond acceptors (Lipinski definition) is 2. The lowest BCUT2D eigenvalue weighted by molar-refractivity contribution is 1.22. The number of nitrogens with zero attached hydrogens (tertiary/aromatic N) is 4. The Balaban J connectivity index is 1.64. The molecule has 0 aliphatic heterocycles. The number of rotatable bonds is 1. The Kier molecular flexibility index (Phi) is 3.37. The standard InChI is InChI=1S/C31H18N4/c1-18-10-11-19(17-32)12-23(18)22-14-25-24-13-20-6-2-3-7-21(20)15-28(24)35-30(25)29(16-22)34-27-9-5-4-8-26(27)33-31(34)35/h2-16H,1H3. The maximum Gasteiger partial charge on any atom is 0.220 e. The SMILES string of the molecule is Cc1ccc(C#N)cc1-c1cc2c3cc4ccccc4cc3n3c2c(c1)n1c2ccccc2nc13. The molecule has 0 radical (unpaired) electrons. The Hall–Kier alpha value is -4.88. The summed E-state index contributed by atoms with van der Waals surface area (Å²) in [4.78, 5) is 5.07. The molecule has 4 nitrogen and oxygen atoms in total. The molecule has 5 aromatic carbocycles. The van der Waals surface area contributed by atoms with Gasteiger partial charge in [-0.3, -0.25) is 8.80 Å². The molecule has 0 amide bonds. The minimum Gasteiger partial charge on any atom is -0.277 e. The monoisotopic (exact) mass is 446 g/mol. The average molecular weight is 447 g/mol. The minimum absolute atomic E-state index is 0.671. The van der Waals surface area contributed by atoms with E-state index >= 15 is 0 Å². The summed E-state index contributed by atoms with van der Waals surface area (Å²) in [5.41, 5.74) is 9.57. The highest BCUT2D eigenvalue weighted by Crippen LogP contribution is 2.41. The van der Waals surface area contributed by atoms with Gasteiger partial charge in [-0.1, -0.05) is 42.5 Å². The van der Waals surface area contributed by atoms with Gasteiger partial charge in [-0.2, -0.15) is 5.26 Å². The Labute approximate surface area is 200 Å². The Morgan fingerprint density at radius 3 is 2.37 bits per heavy atom. The number of benzene rings is 5. The van der Waals surface area contributed by atoms with Gasteiger partial charge in [0, 0.05) is 10.8 Å². The lowest BCUT2D eigenvalue weighted by atomic mass is 9.96. The second-order valence-electron chi connectivity index (χ2n) is 9.32. The van der Waals surface area contributed by atoms with Crippen LogP contribution in [0.1, 0.15) is 11.1 Å². The van der Waals surface area contributed by atoms with E-state index in [-0.39, 0.29) is 0 Å². The smallest absolute Gasteiger partial charge is 0.220 e. The molecule has 0 bridgehead atoms. The molecule has 0 N–H and O–H groups in total. The van der Waals surface area contributed by atoms with Gasteiger partial charge in [-0.05, 0) is 82.9 Å². The maximum absolute atomic E-state index is 9.54. The fourth-order valence-corrected chi connectivity index (χ4v) is 5.75. The zero-order valence-electron chi connectivity index (χ0n) is 18.9. The summed E-state index contributed by atoms with van der Waals surface area (Å²) in [6.45, 7) is 2.11. The minimum atomic E-state index is 0.671. The fourth-order valence-electron chi connectivity index (χ4n) is 5.75. The first kappa shape index (κ1) is 18.5. The van der Waals surface area contributed by atoms with E-state index in [4.69, 9.17) is 4.98 Å². The molecule has 0 atom stereocenters. The summed E-state index contributed by atoms with van der Waals surface area (Å²) in [5, 5.41) is 14.4. The van der Waals surface area contributed by atoms with Crippen molar-refractivity contribution in [3.63, 3.8) is 0 Å². The molecule has 162 valence electrons. The van der Waals surface area contributed by atoms with E-state index in [0.717, 1.165) is 44.5 Å².